The van der Waals surface area contributed by atoms with Gasteiger partial charge in [0.25, 0.3) is 11.7 Å². The molecule has 0 bridgehead atoms. The number of benzene rings is 1. The van der Waals surface area contributed by atoms with E-state index in [-0.39, 0.29) is 0 Å². The van der Waals surface area contributed by atoms with Crippen LogP contribution < -0.4 is 10.2 Å². The van der Waals surface area contributed by atoms with Crippen LogP contribution in [0.3, 0.4) is 0 Å². The standard InChI is InChI=1S/C15H15ClN2O2/c16-11-5-10-12(17-15(20)14(10)19)6-13(11)18(9-3-4-9)7-8-1-2-8/h5-6,8-9H,1-4,7H2,(H,17,19,20). The van der Waals surface area contributed by atoms with Gasteiger partial charge in [-0.15, -0.1) is 0 Å². The van der Waals surface area contributed by atoms with Crippen LogP contribution in [0.25, 0.3) is 0 Å². The third-order valence-electron chi connectivity index (χ3n) is 4.23. The number of ketones is 1. The highest BCUT2D eigenvalue weighted by Crippen LogP contribution is 2.42. The monoisotopic (exact) mass is 290 g/mol. The Kier molecular flexibility index (Phi) is 2.58. The normalized spacial score (nSPS) is 20.9. The number of amides is 1. The maximum absolute atomic E-state index is 11.7. The molecular formula is C15H15ClN2O2. The Morgan fingerprint density at radius 3 is 2.60 bits per heavy atom. The number of carbonyl (C=O) groups is 2. The molecule has 0 atom stereocenters. The molecule has 0 aromatic heterocycles. The number of Topliss-reactive ketones (excluding diaryl/α,β-unsaturated/α-hetero) is 1. The van der Waals surface area contributed by atoms with Crippen molar-refractivity contribution in [2.45, 2.75) is 31.7 Å². The lowest BCUT2D eigenvalue weighted by Crippen LogP contribution is -2.28. The molecule has 20 heavy (non-hydrogen) atoms. The van der Waals surface area contributed by atoms with Crippen LogP contribution in [-0.4, -0.2) is 24.3 Å². The van der Waals surface area contributed by atoms with Crippen LogP contribution in [0.5, 0.6) is 0 Å². The minimum absolute atomic E-state index is 0.394. The van der Waals surface area contributed by atoms with Gasteiger partial charge in [-0.1, -0.05) is 11.6 Å². The van der Waals surface area contributed by atoms with Crippen molar-refractivity contribution >= 4 is 34.7 Å². The van der Waals surface area contributed by atoms with E-state index in [1.54, 1.807) is 6.07 Å². The van der Waals surface area contributed by atoms with E-state index in [0.29, 0.717) is 22.3 Å². The molecule has 2 aliphatic carbocycles. The number of nitrogens with one attached hydrogen (secondary N) is 1. The fourth-order valence-electron chi connectivity index (χ4n) is 2.78. The fourth-order valence-corrected chi connectivity index (χ4v) is 3.06. The van der Waals surface area contributed by atoms with Crippen LogP contribution in [0.1, 0.15) is 36.0 Å². The second-order valence-electron chi connectivity index (χ2n) is 5.96. The highest BCUT2D eigenvalue weighted by Gasteiger charge is 2.36. The van der Waals surface area contributed by atoms with E-state index < -0.39 is 11.7 Å². The number of nitrogens with zero attached hydrogens (tertiary/aromatic N) is 1. The Bertz CT molecular complexity index is 621. The van der Waals surface area contributed by atoms with E-state index in [1.165, 1.54) is 25.7 Å². The van der Waals surface area contributed by atoms with Gasteiger partial charge in [-0.3, -0.25) is 9.59 Å². The fraction of sp³-hybridized carbons (Fsp3) is 0.467. The zero-order valence-corrected chi connectivity index (χ0v) is 11.7. The van der Waals surface area contributed by atoms with Crippen molar-refractivity contribution in [3.8, 4) is 0 Å². The van der Waals surface area contributed by atoms with Gasteiger partial charge >= 0.3 is 0 Å². The van der Waals surface area contributed by atoms with Crippen molar-refractivity contribution in [3.63, 3.8) is 0 Å². The molecule has 0 radical (unpaired) electrons. The second-order valence-corrected chi connectivity index (χ2v) is 6.37. The zero-order chi connectivity index (χ0) is 13.9. The summed E-state index contributed by atoms with van der Waals surface area (Å²) >= 11 is 6.36. The quantitative estimate of drug-likeness (QED) is 0.868. The molecule has 1 aromatic rings. The molecule has 5 heteroatoms. The first-order valence-corrected chi connectivity index (χ1v) is 7.47. The van der Waals surface area contributed by atoms with Crippen LogP contribution in [0.15, 0.2) is 12.1 Å². The third kappa shape index (κ3) is 1.99. The summed E-state index contributed by atoms with van der Waals surface area (Å²) in [6.45, 7) is 1.03. The van der Waals surface area contributed by atoms with Gasteiger partial charge in [-0.2, -0.15) is 0 Å². The van der Waals surface area contributed by atoms with Crippen LogP contribution in [-0.2, 0) is 4.79 Å². The van der Waals surface area contributed by atoms with Crippen molar-refractivity contribution < 1.29 is 9.59 Å². The minimum Gasteiger partial charge on any atom is -0.367 e. The summed E-state index contributed by atoms with van der Waals surface area (Å²) in [5.74, 6) is -0.279. The van der Waals surface area contributed by atoms with Crippen molar-refractivity contribution in [3.05, 3.63) is 22.7 Å². The highest BCUT2D eigenvalue weighted by atomic mass is 35.5. The maximum atomic E-state index is 11.7. The van der Waals surface area contributed by atoms with Crippen LogP contribution >= 0.6 is 11.6 Å². The van der Waals surface area contributed by atoms with Crippen LogP contribution in [0.4, 0.5) is 11.4 Å². The Hall–Kier alpha value is -1.55. The summed E-state index contributed by atoms with van der Waals surface area (Å²) < 4.78 is 0. The number of carbonyl (C=O) groups excluding carboxylic acids is 2. The van der Waals surface area contributed by atoms with Gasteiger partial charge in [-0.05, 0) is 43.7 Å². The number of rotatable bonds is 4. The first-order chi connectivity index (χ1) is 9.63. The number of fused-ring (bicyclic) bond motifs is 1. The molecule has 1 aromatic carbocycles. The highest BCUT2D eigenvalue weighted by molar-refractivity contribution is 6.52. The number of anilines is 2. The number of hydrogen-bond donors (Lipinski definition) is 1. The first kappa shape index (κ1) is 12.2. The first-order valence-electron chi connectivity index (χ1n) is 7.09. The molecule has 0 saturated heterocycles. The molecule has 1 amide bonds. The van der Waals surface area contributed by atoms with Crippen molar-refractivity contribution in [1.29, 1.82) is 0 Å². The predicted molar refractivity (Wildman–Crippen MR) is 77.5 cm³/mol. The minimum atomic E-state index is -0.562. The Balaban J connectivity index is 1.72. The summed E-state index contributed by atoms with van der Waals surface area (Å²) in [5, 5.41) is 3.19. The molecule has 4 nitrogen and oxygen atoms in total. The van der Waals surface area contributed by atoms with Gasteiger partial charge in [0, 0.05) is 12.6 Å². The summed E-state index contributed by atoms with van der Waals surface area (Å²) in [6, 6.07) is 4.06. The number of halogens is 1. The van der Waals surface area contributed by atoms with Gasteiger partial charge in [0.05, 0.1) is 22.0 Å². The molecule has 104 valence electrons. The predicted octanol–water partition coefficient (Wildman–Crippen LogP) is 2.85. The van der Waals surface area contributed by atoms with E-state index in [9.17, 15) is 9.59 Å². The molecule has 0 spiro atoms. The van der Waals surface area contributed by atoms with E-state index in [0.717, 1.165) is 18.2 Å². The van der Waals surface area contributed by atoms with E-state index in [4.69, 9.17) is 11.6 Å². The Morgan fingerprint density at radius 1 is 1.20 bits per heavy atom. The third-order valence-corrected chi connectivity index (χ3v) is 4.54. The lowest BCUT2D eigenvalue weighted by atomic mass is 10.1. The Morgan fingerprint density at radius 2 is 1.95 bits per heavy atom. The maximum Gasteiger partial charge on any atom is 0.296 e. The summed E-state index contributed by atoms with van der Waals surface area (Å²) in [7, 11) is 0. The molecule has 4 rings (SSSR count). The summed E-state index contributed by atoms with van der Waals surface area (Å²) in [5.41, 5.74) is 1.95. The van der Waals surface area contributed by atoms with E-state index >= 15 is 0 Å². The van der Waals surface area contributed by atoms with Gasteiger partial charge in [0.2, 0.25) is 0 Å². The van der Waals surface area contributed by atoms with E-state index in [2.05, 4.69) is 10.2 Å². The molecular weight excluding hydrogens is 276 g/mol. The molecule has 2 fully saturated rings. The zero-order valence-electron chi connectivity index (χ0n) is 11.0. The van der Waals surface area contributed by atoms with Crippen molar-refractivity contribution in [2.75, 3.05) is 16.8 Å². The second kappa shape index (κ2) is 4.22. The number of hydrogen-bond acceptors (Lipinski definition) is 3. The van der Waals surface area contributed by atoms with Gasteiger partial charge < -0.3 is 10.2 Å². The van der Waals surface area contributed by atoms with Gasteiger partial charge in [0.15, 0.2) is 0 Å². The SMILES string of the molecule is O=C1Nc2cc(N(CC3CC3)C3CC3)c(Cl)cc2C1=O. The average molecular weight is 291 g/mol. The molecule has 1 aliphatic heterocycles. The van der Waals surface area contributed by atoms with Crippen LogP contribution in [0.2, 0.25) is 5.02 Å². The smallest absolute Gasteiger partial charge is 0.296 e. The van der Waals surface area contributed by atoms with Gasteiger partial charge in [-0.25, -0.2) is 0 Å². The lowest BCUT2D eigenvalue weighted by Gasteiger charge is -2.26. The molecule has 1 heterocycles. The topological polar surface area (TPSA) is 49.4 Å². The average Bonchev–Trinajstić information content (AvgIpc) is 3.30. The van der Waals surface area contributed by atoms with E-state index in [1.807, 2.05) is 6.07 Å². The lowest BCUT2D eigenvalue weighted by molar-refractivity contribution is -0.112. The van der Waals surface area contributed by atoms with Crippen molar-refractivity contribution in [1.82, 2.24) is 0 Å². The van der Waals surface area contributed by atoms with Crippen molar-refractivity contribution in [2.24, 2.45) is 5.92 Å². The molecule has 0 unspecified atom stereocenters. The molecule has 1 N–H and O–H groups in total. The van der Waals surface area contributed by atoms with Crippen LogP contribution in [0, 0.1) is 5.92 Å². The molecule has 3 aliphatic rings. The summed E-state index contributed by atoms with van der Waals surface area (Å²) in [4.78, 5) is 25.5. The molecule has 2 saturated carbocycles. The Labute approximate surface area is 122 Å². The largest absolute Gasteiger partial charge is 0.367 e. The van der Waals surface area contributed by atoms with Gasteiger partial charge in [0.1, 0.15) is 0 Å². The summed E-state index contributed by atoms with van der Waals surface area (Å²) in [6.07, 6.45) is 4.98.